The van der Waals surface area contributed by atoms with Crippen molar-refractivity contribution < 1.29 is 5.11 Å². The van der Waals surface area contributed by atoms with Crippen molar-refractivity contribution in [3.05, 3.63) is 29.3 Å². The summed E-state index contributed by atoms with van der Waals surface area (Å²) in [4.78, 5) is 0. The summed E-state index contributed by atoms with van der Waals surface area (Å²) in [6, 6.07) is 5.95. The van der Waals surface area contributed by atoms with E-state index in [-0.39, 0.29) is 11.0 Å². The van der Waals surface area contributed by atoms with Crippen LogP contribution in [0, 0.1) is 0 Å². The number of hydrogen-bond donors (Lipinski definition) is 2. The Morgan fingerprint density at radius 1 is 1.29 bits per heavy atom. The molecule has 0 saturated heterocycles. The van der Waals surface area contributed by atoms with Gasteiger partial charge in [-0.2, -0.15) is 0 Å². The Hall–Kier alpha value is -1.02. The van der Waals surface area contributed by atoms with E-state index in [1.807, 2.05) is 12.1 Å². The monoisotopic (exact) mass is 233 g/mol. The molecule has 0 amide bonds. The molecule has 1 aromatic carbocycles. The fourth-order valence-electron chi connectivity index (χ4n) is 2.05. The molecule has 2 heteroatoms. The molecular formula is C15H23NO. The highest BCUT2D eigenvalue weighted by Gasteiger charge is 2.37. The number of aryl methyl sites for hydroxylation is 1. The lowest BCUT2D eigenvalue weighted by molar-refractivity contribution is 0.463. The minimum atomic E-state index is 0.0597. The Labute approximate surface area is 104 Å². The molecular weight excluding hydrogens is 210 g/mol. The number of aromatic hydroxyl groups is 1. The van der Waals surface area contributed by atoms with Crippen LogP contribution in [0.25, 0.3) is 0 Å². The first-order valence-corrected chi connectivity index (χ1v) is 6.41. The summed E-state index contributed by atoms with van der Waals surface area (Å²) in [5.74, 6) is 0.405. The number of nitrogens with two attached hydrogens (primary N) is 1. The maximum Gasteiger partial charge on any atom is 0.118 e. The van der Waals surface area contributed by atoms with Crippen molar-refractivity contribution in [1.82, 2.24) is 0 Å². The van der Waals surface area contributed by atoms with Crippen molar-refractivity contribution in [3.8, 4) is 5.75 Å². The zero-order chi connectivity index (χ0) is 12.7. The molecule has 2 nitrogen and oxygen atoms in total. The molecule has 0 bridgehead atoms. The third-order valence-electron chi connectivity index (χ3n) is 3.73. The first-order valence-electron chi connectivity index (χ1n) is 6.41. The van der Waals surface area contributed by atoms with Crippen LogP contribution in [0.2, 0.25) is 0 Å². The highest BCUT2D eigenvalue weighted by Crippen LogP contribution is 2.38. The lowest BCUT2D eigenvalue weighted by Crippen LogP contribution is -2.22. The molecule has 17 heavy (non-hydrogen) atoms. The SMILES string of the molecule is CC(C)(C)c1ccc(O)c(CCC2(N)CC2)c1. The summed E-state index contributed by atoms with van der Waals surface area (Å²) in [6.45, 7) is 6.57. The minimum Gasteiger partial charge on any atom is -0.508 e. The highest BCUT2D eigenvalue weighted by molar-refractivity contribution is 5.39. The van der Waals surface area contributed by atoms with Crippen LogP contribution >= 0.6 is 0 Å². The van der Waals surface area contributed by atoms with Gasteiger partial charge in [0, 0.05) is 5.54 Å². The lowest BCUT2D eigenvalue weighted by Gasteiger charge is -2.20. The Morgan fingerprint density at radius 3 is 2.47 bits per heavy atom. The first-order chi connectivity index (χ1) is 7.80. The second-order valence-electron chi connectivity index (χ2n) is 6.46. The molecule has 2 rings (SSSR count). The van der Waals surface area contributed by atoms with Gasteiger partial charge in [-0.25, -0.2) is 0 Å². The molecule has 1 fully saturated rings. The topological polar surface area (TPSA) is 46.2 Å². The molecule has 1 saturated carbocycles. The van der Waals surface area contributed by atoms with E-state index in [4.69, 9.17) is 5.73 Å². The van der Waals surface area contributed by atoms with E-state index >= 15 is 0 Å². The van der Waals surface area contributed by atoms with Crippen LogP contribution in [0.15, 0.2) is 18.2 Å². The van der Waals surface area contributed by atoms with Gasteiger partial charge in [-0.15, -0.1) is 0 Å². The molecule has 0 aromatic heterocycles. The van der Waals surface area contributed by atoms with Gasteiger partial charge < -0.3 is 10.8 Å². The third-order valence-corrected chi connectivity index (χ3v) is 3.73. The second-order valence-corrected chi connectivity index (χ2v) is 6.46. The largest absolute Gasteiger partial charge is 0.508 e. The number of benzene rings is 1. The van der Waals surface area contributed by atoms with Crippen molar-refractivity contribution in [2.24, 2.45) is 5.73 Å². The summed E-state index contributed by atoms with van der Waals surface area (Å²) in [6.07, 6.45) is 4.12. The van der Waals surface area contributed by atoms with Gasteiger partial charge in [0.05, 0.1) is 0 Å². The van der Waals surface area contributed by atoms with Gasteiger partial charge in [0.15, 0.2) is 0 Å². The maximum absolute atomic E-state index is 9.88. The van der Waals surface area contributed by atoms with Crippen LogP contribution in [0.5, 0.6) is 5.75 Å². The number of hydrogen-bond acceptors (Lipinski definition) is 2. The van der Waals surface area contributed by atoms with E-state index in [1.165, 1.54) is 5.56 Å². The highest BCUT2D eigenvalue weighted by atomic mass is 16.3. The zero-order valence-electron chi connectivity index (χ0n) is 11.1. The average molecular weight is 233 g/mol. The van der Waals surface area contributed by atoms with Crippen molar-refractivity contribution in [2.45, 2.75) is 57.4 Å². The average Bonchev–Trinajstić information content (AvgIpc) is 2.94. The summed E-state index contributed by atoms with van der Waals surface area (Å²) in [7, 11) is 0. The summed E-state index contributed by atoms with van der Waals surface area (Å²) in [5, 5.41) is 9.88. The van der Waals surface area contributed by atoms with E-state index in [0.717, 1.165) is 31.2 Å². The minimum absolute atomic E-state index is 0.0597. The third kappa shape index (κ3) is 3.01. The molecule has 3 N–H and O–H groups in total. The van der Waals surface area contributed by atoms with Gasteiger partial charge in [-0.1, -0.05) is 32.9 Å². The standard InChI is InChI=1S/C15H23NO/c1-14(2,3)12-4-5-13(17)11(10-12)6-7-15(16)8-9-15/h4-5,10,17H,6-9,16H2,1-3H3. The van der Waals surface area contributed by atoms with Gasteiger partial charge >= 0.3 is 0 Å². The Bertz CT molecular complexity index is 413. The molecule has 0 aliphatic heterocycles. The second kappa shape index (κ2) is 4.02. The normalized spacial score (nSPS) is 18.1. The number of phenolic OH excluding ortho intramolecular Hbond substituents is 1. The predicted molar refractivity (Wildman–Crippen MR) is 71.3 cm³/mol. The van der Waals surface area contributed by atoms with Gasteiger partial charge in [-0.05, 0) is 48.3 Å². The van der Waals surface area contributed by atoms with Gasteiger partial charge in [-0.3, -0.25) is 0 Å². The lowest BCUT2D eigenvalue weighted by atomic mass is 9.85. The van der Waals surface area contributed by atoms with E-state index in [9.17, 15) is 5.11 Å². The molecule has 1 aromatic rings. The van der Waals surface area contributed by atoms with Crippen molar-refractivity contribution in [2.75, 3.05) is 0 Å². The molecule has 0 atom stereocenters. The first kappa shape index (κ1) is 12.4. The van der Waals surface area contributed by atoms with E-state index in [1.54, 1.807) is 0 Å². The Balaban J connectivity index is 2.14. The fraction of sp³-hybridized carbons (Fsp3) is 0.600. The smallest absolute Gasteiger partial charge is 0.118 e. The summed E-state index contributed by atoms with van der Waals surface area (Å²) >= 11 is 0. The Kier molecular flexibility index (Phi) is 2.94. The predicted octanol–water partition coefficient (Wildman–Crippen LogP) is 3.11. The van der Waals surface area contributed by atoms with Crippen LogP contribution in [0.3, 0.4) is 0 Å². The van der Waals surface area contributed by atoms with Crippen molar-refractivity contribution in [3.63, 3.8) is 0 Å². The van der Waals surface area contributed by atoms with Crippen LogP contribution in [-0.2, 0) is 11.8 Å². The van der Waals surface area contributed by atoms with Crippen LogP contribution in [0.4, 0.5) is 0 Å². The molecule has 94 valence electrons. The molecule has 0 heterocycles. The van der Waals surface area contributed by atoms with E-state index < -0.39 is 0 Å². The molecule has 1 aliphatic rings. The van der Waals surface area contributed by atoms with Crippen molar-refractivity contribution in [1.29, 1.82) is 0 Å². The molecule has 1 aliphatic carbocycles. The molecule has 0 radical (unpaired) electrons. The maximum atomic E-state index is 9.88. The number of phenols is 1. The zero-order valence-corrected chi connectivity index (χ0v) is 11.1. The van der Waals surface area contributed by atoms with E-state index in [2.05, 4.69) is 26.8 Å². The van der Waals surface area contributed by atoms with Crippen molar-refractivity contribution >= 4 is 0 Å². The summed E-state index contributed by atoms with van der Waals surface area (Å²) < 4.78 is 0. The van der Waals surface area contributed by atoms with Crippen LogP contribution in [0.1, 0.15) is 51.2 Å². The van der Waals surface area contributed by atoms with Gasteiger partial charge in [0.1, 0.15) is 5.75 Å². The molecule has 0 unspecified atom stereocenters. The Morgan fingerprint density at radius 2 is 1.94 bits per heavy atom. The van der Waals surface area contributed by atoms with Crippen LogP contribution < -0.4 is 5.73 Å². The van der Waals surface area contributed by atoms with E-state index in [0.29, 0.717) is 5.75 Å². The number of rotatable bonds is 3. The summed E-state index contributed by atoms with van der Waals surface area (Å²) in [5.41, 5.74) is 8.58. The van der Waals surface area contributed by atoms with Gasteiger partial charge in [0.2, 0.25) is 0 Å². The van der Waals surface area contributed by atoms with Gasteiger partial charge in [0.25, 0.3) is 0 Å². The molecule has 0 spiro atoms. The quantitative estimate of drug-likeness (QED) is 0.842. The fourth-order valence-corrected chi connectivity index (χ4v) is 2.05. The van der Waals surface area contributed by atoms with Crippen LogP contribution in [-0.4, -0.2) is 10.6 Å².